The van der Waals surface area contributed by atoms with E-state index in [4.69, 9.17) is 27.9 Å². The molecule has 0 aliphatic carbocycles. The molecule has 1 fully saturated rings. The first-order chi connectivity index (χ1) is 12.2. The maximum atomic E-state index is 6.48. The SMILES string of the molecule is CCCCc1cc(-c2ccc(Cl)cc2Cl)cc2c1OC1CCNCC21. The summed E-state index contributed by atoms with van der Waals surface area (Å²) in [5, 5.41) is 4.88. The highest BCUT2D eigenvalue weighted by Gasteiger charge is 2.37. The first kappa shape index (κ1) is 17.2. The van der Waals surface area contributed by atoms with Gasteiger partial charge < -0.3 is 10.1 Å². The number of unbranched alkanes of at least 4 members (excludes halogenated alkanes) is 1. The van der Waals surface area contributed by atoms with Crippen LogP contribution in [0.2, 0.25) is 10.0 Å². The Morgan fingerprint density at radius 1 is 1.20 bits per heavy atom. The predicted octanol–water partition coefficient (Wildman–Crippen LogP) is 5.84. The van der Waals surface area contributed by atoms with Crippen LogP contribution in [0, 0.1) is 0 Å². The average molecular weight is 376 g/mol. The van der Waals surface area contributed by atoms with Crippen molar-refractivity contribution in [3.8, 4) is 16.9 Å². The highest BCUT2D eigenvalue weighted by Crippen LogP contribution is 2.46. The van der Waals surface area contributed by atoms with Gasteiger partial charge in [0.1, 0.15) is 11.9 Å². The van der Waals surface area contributed by atoms with E-state index in [2.05, 4.69) is 24.4 Å². The summed E-state index contributed by atoms with van der Waals surface area (Å²) in [4.78, 5) is 0. The van der Waals surface area contributed by atoms with Crippen molar-refractivity contribution >= 4 is 23.2 Å². The molecular formula is C21H23Cl2NO. The number of fused-ring (bicyclic) bond motifs is 3. The number of hydrogen-bond acceptors (Lipinski definition) is 2. The Bertz CT molecular complexity index is 790. The van der Waals surface area contributed by atoms with Crippen molar-refractivity contribution in [2.45, 2.75) is 44.6 Å². The molecule has 0 amide bonds. The van der Waals surface area contributed by atoms with Crippen molar-refractivity contribution in [3.05, 3.63) is 51.5 Å². The largest absolute Gasteiger partial charge is 0.489 e. The van der Waals surface area contributed by atoms with E-state index < -0.39 is 0 Å². The van der Waals surface area contributed by atoms with Crippen molar-refractivity contribution in [2.75, 3.05) is 13.1 Å². The summed E-state index contributed by atoms with van der Waals surface area (Å²) in [6.07, 6.45) is 4.78. The molecular weight excluding hydrogens is 353 g/mol. The third-order valence-electron chi connectivity index (χ3n) is 5.32. The zero-order valence-corrected chi connectivity index (χ0v) is 16.0. The second-order valence-corrected chi connectivity index (χ2v) is 7.88. The first-order valence-corrected chi connectivity index (χ1v) is 9.92. The predicted molar refractivity (Wildman–Crippen MR) is 105 cm³/mol. The second kappa shape index (κ2) is 7.19. The number of rotatable bonds is 4. The van der Waals surface area contributed by atoms with Crippen molar-refractivity contribution in [2.24, 2.45) is 0 Å². The van der Waals surface area contributed by atoms with Crippen LogP contribution >= 0.6 is 23.2 Å². The fourth-order valence-electron chi connectivity index (χ4n) is 4.00. The smallest absolute Gasteiger partial charge is 0.126 e. The molecule has 0 spiro atoms. The van der Waals surface area contributed by atoms with Gasteiger partial charge in [-0.1, -0.05) is 42.6 Å². The molecule has 0 radical (unpaired) electrons. The van der Waals surface area contributed by atoms with Gasteiger partial charge in [0, 0.05) is 33.6 Å². The minimum absolute atomic E-state index is 0.313. The highest BCUT2D eigenvalue weighted by atomic mass is 35.5. The van der Waals surface area contributed by atoms with Crippen LogP contribution in [-0.4, -0.2) is 19.2 Å². The summed E-state index contributed by atoms with van der Waals surface area (Å²) in [6.45, 7) is 4.25. The van der Waals surface area contributed by atoms with Gasteiger partial charge in [0.25, 0.3) is 0 Å². The molecule has 132 valence electrons. The molecule has 4 rings (SSSR count). The first-order valence-electron chi connectivity index (χ1n) is 9.17. The fraction of sp³-hybridized carbons (Fsp3) is 0.429. The maximum Gasteiger partial charge on any atom is 0.126 e. The van der Waals surface area contributed by atoms with Crippen LogP contribution in [0.4, 0.5) is 0 Å². The number of hydrogen-bond donors (Lipinski definition) is 1. The number of piperidine rings is 1. The van der Waals surface area contributed by atoms with Crippen molar-refractivity contribution < 1.29 is 4.74 Å². The Labute approximate surface area is 159 Å². The summed E-state index contributed by atoms with van der Waals surface area (Å²) in [5.41, 5.74) is 4.86. The van der Waals surface area contributed by atoms with Gasteiger partial charge in [-0.05, 0) is 61.2 Å². The maximum absolute atomic E-state index is 6.48. The molecule has 2 heterocycles. The van der Waals surface area contributed by atoms with Gasteiger partial charge in [0.15, 0.2) is 0 Å². The molecule has 1 N–H and O–H groups in total. The summed E-state index contributed by atoms with van der Waals surface area (Å²) < 4.78 is 6.39. The van der Waals surface area contributed by atoms with E-state index >= 15 is 0 Å². The lowest BCUT2D eigenvalue weighted by atomic mass is 9.87. The van der Waals surface area contributed by atoms with Crippen LogP contribution in [0.3, 0.4) is 0 Å². The van der Waals surface area contributed by atoms with Crippen LogP contribution in [0.5, 0.6) is 5.75 Å². The third-order valence-corrected chi connectivity index (χ3v) is 5.87. The standard InChI is InChI=1S/C21H23Cl2NO/c1-2-3-4-13-9-14(16-6-5-15(22)11-19(16)23)10-17-18-12-24-8-7-20(18)25-21(13)17/h5-6,9-11,18,20,24H,2-4,7-8,12H2,1H3. The van der Waals surface area contributed by atoms with Gasteiger partial charge >= 0.3 is 0 Å². The van der Waals surface area contributed by atoms with Crippen LogP contribution in [0.15, 0.2) is 30.3 Å². The molecule has 2 aromatic rings. The van der Waals surface area contributed by atoms with Gasteiger partial charge in [0.05, 0.1) is 0 Å². The Kier molecular flexibility index (Phi) is 4.95. The van der Waals surface area contributed by atoms with E-state index in [9.17, 15) is 0 Å². The van der Waals surface area contributed by atoms with E-state index in [0.29, 0.717) is 22.1 Å². The van der Waals surface area contributed by atoms with Crippen molar-refractivity contribution in [3.63, 3.8) is 0 Å². The summed E-state index contributed by atoms with van der Waals surface area (Å²) >= 11 is 12.6. The minimum Gasteiger partial charge on any atom is -0.489 e. The zero-order chi connectivity index (χ0) is 17.4. The van der Waals surface area contributed by atoms with E-state index in [-0.39, 0.29) is 0 Å². The number of benzene rings is 2. The van der Waals surface area contributed by atoms with Crippen LogP contribution in [0.25, 0.3) is 11.1 Å². The van der Waals surface area contributed by atoms with Crippen molar-refractivity contribution in [1.29, 1.82) is 0 Å². The lowest BCUT2D eigenvalue weighted by Crippen LogP contribution is -2.37. The Balaban J connectivity index is 1.81. The third kappa shape index (κ3) is 3.28. The molecule has 0 saturated carbocycles. The molecule has 1 saturated heterocycles. The van der Waals surface area contributed by atoms with Gasteiger partial charge in [-0.2, -0.15) is 0 Å². The molecule has 4 heteroatoms. The molecule has 2 atom stereocenters. The Morgan fingerprint density at radius 2 is 2.08 bits per heavy atom. The zero-order valence-electron chi connectivity index (χ0n) is 14.4. The van der Waals surface area contributed by atoms with Gasteiger partial charge in [-0.3, -0.25) is 0 Å². The number of aryl methyl sites for hydroxylation is 1. The summed E-state index contributed by atoms with van der Waals surface area (Å²) in [7, 11) is 0. The topological polar surface area (TPSA) is 21.3 Å². The quantitative estimate of drug-likeness (QED) is 0.724. The fourth-order valence-corrected chi connectivity index (χ4v) is 4.52. The lowest BCUT2D eigenvalue weighted by molar-refractivity contribution is 0.171. The number of ether oxygens (including phenoxy) is 1. The highest BCUT2D eigenvalue weighted by molar-refractivity contribution is 6.36. The van der Waals surface area contributed by atoms with Gasteiger partial charge in [-0.15, -0.1) is 0 Å². The molecule has 0 bridgehead atoms. The molecule has 2 nitrogen and oxygen atoms in total. The van der Waals surface area contributed by atoms with Gasteiger partial charge in [0.2, 0.25) is 0 Å². The van der Waals surface area contributed by atoms with Crippen molar-refractivity contribution in [1.82, 2.24) is 5.32 Å². The van der Waals surface area contributed by atoms with E-state index in [1.807, 2.05) is 18.2 Å². The van der Waals surface area contributed by atoms with Crippen LogP contribution in [0.1, 0.15) is 43.2 Å². The monoisotopic (exact) mass is 375 g/mol. The van der Waals surface area contributed by atoms with Crippen LogP contribution in [-0.2, 0) is 6.42 Å². The molecule has 0 aromatic heterocycles. The molecule has 2 unspecified atom stereocenters. The van der Waals surface area contributed by atoms with E-state index in [0.717, 1.165) is 37.2 Å². The molecule has 25 heavy (non-hydrogen) atoms. The molecule has 2 aliphatic heterocycles. The van der Waals surface area contributed by atoms with E-state index in [1.165, 1.54) is 29.5 Å². The Morgan fingerprint density at radius 3 is 2.88 bits per heavy atom. The normalized spacial score (nSPS) is 21.6. The molecule has 2 aromatic carbocycles. The Hall–Kier alpha value is -1.22. The van der Waals surface area contributed by atoms with E-state index in [1.54, 1.807) is 0 Å². The number of nitrogens with one attached hydrogen (secondary N) is 1. The average Bonchev–Trinajstić information content (AvgIpc) is 2.98. The van der Waals surface area contributed by atoms with Gasteiger partial charge in [-0.25, -0.2) is 0 Å². The lowest BCUT2D eigenvalue weighted by Gasteiger charge is -2.25. The summed E-state index contributed by atoms with van der Waals surface area (Å²) in [6, 6.07) is 10.3. The second-order valence-electron chi connectivity index (χ2n) is 7.04. The number of halogens is 2. The molecule has 2 aliphatic rings. The van der Waals surface area contributed by atoms with Crippen LogP contribution < -0.4 is 10.1 Å². The summed E-state index contributed by atoms with van der Waals surface area (Å²) in [5.74, 6) is 1.57. The minimum atomic E-state index is 0.313.